The molecule has 1 rings (SSSR count). The zero-order valence-electron chi connectivity index (χ0n) is 24.0. The van der Waals surface area contributed by atoms with Crippen LogP contribution < -0.4 is 0 Å². The van der Waals surface area contributed by atoms with E-state index >= 15 is 0 Å². The molecule has 0 aromatic carbocycles. The monoisotopic (exact) mass is 518 g/mol. The standard InChI is InChI=1S/C29H58O7/c1-5-8-9-10-11-12-13-14-15-16-17-26(36-25-30-4)27(33-22-20-31-6-2)18-19-28(29-24-35-29)34-23-21-32-7-3/h26-29H,5-25H2,1-4H3/t26-,27-,28+,29+/m1/s1. The van der Waals surface area contributed by atoms with Gasteiger partial charge in [0.25, 0.3) is 0 Å². The van der Waals surface area contributed by atoms with Gasteiger partial charge >= 0.3 is 0 Å². The summed E-state index contributed by atoms with van der Waals surface area (Å²) >= 11 is 0. The van der Waals surface area contributed by atoms with Gasteiger partial charge in [0.1, 0.15) is 12.9 Å². The third kappa shape index (κ3) is 18.9. The molecule has 0 unspecified atom stereocenters. The Labute approximate surface area is 222 Å². The van der Waals surface area contributed by atoms with Crippen molar-refractivity contribution in [2.75, 3.05) is 60.2 Å². The normalized spacial score (nSPS) is 17.8. The highest BCUT2D eigenvalue weighted by molar-refractivity contribution is 4.83. The second-order valence-corrected chi connectivity index (χ2v) is 9.74. The second kappa shape index (κ2) is 25.0. The Hall–Kier alpha value is -0.280. The minimum atomic E-state index is -0.0177. The molecule has 216 valence electrons. The summed E-state index contributed by atoms with van der Waals surface area (Å²) in [6.45, 7) is 11.1. The van der Waals surface area contributed by atoms with E-state index in [1.54, 1.807) is 7.11 Å². The van der Waals surface area contributed by atoms with Crippen molar-refractivity contribution < 1.29 is 33.2 Å². The first-order chi connectivity index (χ1) is 17.8. The van der Waals surface area contributed by atoms with Crippen LogP contribution in [0.25, 0.3) is 0 Å². The summed E-state index contributed by atoms with van der Waals surface area (Å²) in [5, 5.41) is 0. The molecule has 7 nitrogen and oxygen atoms in total. The number of rotatable bonds is 29. The van der Waals surface area contributed by atoms with Gasteiger partial charge in [-0.1, -0.05) is 71.1 Å². The van der Waals surface area contributed by atoms with Crippen molar-refractivity contribution in [3.8, 4) is 0 Å². The van der Waals surface area contributed by atoms with Crippen molar-refractivity contribution in [1.29, 1.82) is 0 Å². The molecule has 1 heterocycles. The lowest BCUT2D eigenvalue weighted by Crippen LogP contribution is -2.35. The van der Waals surface area contributed by atoms with E-state index in [1.807, 2.05) is 13.8 Å². The lowest BCUT2D eigenvalue weighted by atomic mass is 9.98. The summed E-state index contributed by atoms with van der Waals surface area (Å²) in [5.41, 5.74) is 0. The summed E-state index contributed by atoms with van der Waals surface area (Å²) in [7, 11) is 1.68. The molecular weight excluding hydrogens is 460 g/mol. The molecule has 0 aliphatic carbocycles. The predicted octanol–water partition coefficient (Wildman–Crippen LogP) is 6.31. The Morgan fingerprint density at radius 3 is 1.75 bits per heavy atom. The number of unbranched alkanes of at least 4 members (excludes halogenated alkanes) is 9. The molecule has 0 bridgehead atoms. The second-order valence-electron chi connectivity index (χ2n) is 9.74. The topological polar surface area (TPSA) is 67.9 Å². The van der Waals surface area contributed by atoms with Gasteiger partial charge in [-0.2, -0.15) is 0 Å². The molecule has 0 saturated carbocycles. The highest BCUT2D eigenvalue weighted by Gasteiger charge is 2.35. The van der Waals surface area contributed by atoms with Crippen LogP contribution in [-0.2, 0) is 33.2 Å². The molecule has 0 spiro atoms. The number of hydrogen-bond donors (Lipinski definition) is 0. The zero-order chi connectivity index (χ0) is 26.1. The maximum atomic E-state index is 6.31. The SMILES string of the molecule is CCCCCCCCCCCC[C@@H](OCOC)[C@@H](CC[C@H](OCCOCC)[C@@H]1CO1)OCCOCC. The molecule has 0 radical (unpaired) electrons. The Morgan fingerprint density at radius 2 is 1.19 bits per heavy atom. The Kier molecular flexibility index (Phi) is 23.5. The van der Waals surface area contributed by atoms with Crippen LogP contribution in [0.2, 0.25) is 0 Å². The van der Waals surface area contributed by atoms with E-state index in [9.17, 15) is 0 Å². The van der Waals surface area contributed by atoms with E-state index in [0.717, 1.165) is 32.3 Å². The predicted molar refractivity (Wildman–Crippen MR) is 145 cm³/mol. The van der Waals surface area contributed by atoms with Crippen LogP contribution in [0.3, 0.4) is 0 Å². The molecule has 0 aromatic heterocycles. The molecule has 1 aliphatic heterocycles. The average molecular weight is 519 g/mol. The van der Waals surface area contributed by atoms with Gasteiger partial charge in [0.2, 0.25) is 0 Å². The summed E-state index contributed by atoms with van der Waals surface area (Å²) in [4.78, 5) is 0. The molecule has 1 aliphatic rings. The van der Waals surface area contributed by atoms with Gasteiger partial charge in [0.05, 0.1) is 51.3 Å². The van der Waals surface area contributed by atoms with E-state index in [1.165, 1.54) is 57.8 Å². The van der Waals surface area contributed by atoms with Gasteiger partial charge in [-0.15, -0.1) is 0 Å². The smallest absolute Gasteiger partial charge is 0.146 e. The summed E-state index contributed by atoms with van der Waals surface area (Å²) in [6, 6.07) is 0. The summed E-state index contributed by atoms with van der Waals surface area (Å²) in [5.74, 6) is 0. The maximum Gasteiger partial charge on any atom is 0.146 e. The van der Waals surface area contributed by atoms with Crippen LogP contribution >= 0.6 is 0 Å². The Bertz CT molecular complexity index is 447. The van der Waals surface area contributed by atoms with Crippen molar-refractivity contribution in [3.63, 3.8) is 0 Å². The van der Waals surface area contributed by atoms with Crippen molar-refractivity contribution in [2.45, 2.75) is 129 Å². The molecule has 7 heteroatoms. The van der Waals surface area contributed by atoms with E-state index < -0.39 is 0 Å². The summed E-state index contributed by atoms with van der Waals surface area (Å²) in [6.07, 6.45) is 16.2. The van der Waals surface area contributed by atoms with E-state index in [2.05, 4.69) is 6.92 Å². The van der Waals surface area contributed by atoms with Crippen molar-refractivity contribution >= 4 is 0 Å². The highest BCUT2D eigenvalue weighted by atomic mass is 16.7. The third-order valence-corrected chi connectivity index (χ3v) is 6.69. The van der Waals surface area contributed by atoms with Gasteiger partial charge in [-0.05, 0) is 33.1 Å². The van der Waals surface area contributed by atoms with Gasteiger partial charge < -0.3 is 33.2 Å². The molecular formula is C29H58O7. The largest absolute Gasteiger partial charge is 0.379 e. The first kappa shape index (κ1) is 33.7. The van der Waals surface area contributed by atoms with Crippen molar-refractivity contribution in [3.05, 3.63) is 0 Å². The lowest BCUT2D eigenvalue weighted by molar-refractivity contribution is -0.139. The van der Waals surface area contributed by atoms with Crippen LogP contribution in [-0.4, -0.2) is 84.6 Å². The van der Waals surface area contributed by atoms with Crippen LogP contribution in [0.1, 0.15) is 104 Å². The summed E-state index contributed by atoms with van der Waals surface area (Å²) < 4.78 is 40.3. The highest BCUT2D eigenvalue weighted by Crippen LogP contribution is 2.25. The minimum Gasteiger partial charge on any atom is -0.379 e. The minimum absolute atomic E-state index is 0.00446. The van der Waals surface area contributed by atoms with Crippen molar-refractivity contribution in [2.24, 2.45) is 0 Å². The van der Waals surface area contributed by atoms with Crippen LogP contribution in [0.15, 0.2) is 0 Å². The quantitative estimate of drug-likeness (QED) is 0.0653. The molecule has 0 aromatic rings. The van der Waals surface area contributed by atoms with Gasteiger partial charge in [-0.3, -0.25) is 0 Å². The Morgan fingerprint density at radius 1 is 0.639 bits per heavy atom. The van der Waals surface area contributed by atoms with Crippen LogP contribution in [0.4, 0.5) is 0 Å². The first-order valence-corrected chi connectivity index (χ1v) is 14.9. The van der Waals surface area contributed by atoms with E-state index in [-0.39, 0.29) is 31.2 Å². The zero-order valence-corrected chi connectivity index (χ0v) is 24.0. The number of ether oxygens (including phenoxy) is 7. The average Bonchev–Trinajstić information content (AvgIpc) is 3.73. The fourth-order valence-electron chi connectivity index (χ4n) is 4.52. The maximum absolute atomic E-state index is 6.31. The number of hydrogen-bond acceptors (Lipinski definition) is 7. The number of methoxy groups -OCH3 is 1. The molecule has 1 saturated heterocycles. The first-order valence-electron chi connectivity index (χ1n) is 14.9. The van der Waals surface area contributed by atoms with E-state index in [0.29, 0.717) is 39.6 Å². The van der Waals surface area contributed by atoms with Crippen LogP contribution in [0.5, 0.6) is 0 Å². The fraction of sp³-hybridized carbons (Fsp3) is 1.00. The van der Waals surface area contributed by atoms with Crippen molar-refractivity contribution in [1.82, 2.24) is 0 Å². The van der Waals surface area contributed by atoms with Gasteiger partial charge in [0, 0.05) is 20.3 Å². The molecule has 0 amide bonds. The molecule has 36 heavy (non-hydrogen) atoms. The van der Waals surface area contributed by atoms with Gasteiger partial charge in [0.15, 0.2) is 0 Å². The Balaban J connectivity index is 2.48. The van der Waals surface area contributed by atoms with E-state index in [4.69, 9.17) is 33.2 Å². The fourth-order valence-corrected chi connectivity index (χ4v) is 4.52. The van der Waals surface area contributed by atoms with Gasteiger partial charge in [-0.25, -0.2) is 0 Å². The molecule has 1 fully saturated rings. The molecule has 4 atom stereocenters. The number of epoxide rings is 1. The molecule has 0 N–H and O–H groups in total. The third-order valence-electron chi connectivity index (χ3n) is 6.69. The van der Waals surface area contributed by atoms with Crippen LogP contribution in [0, 0.1) is 0 Å². The lowest BCUT2D eigenvalue weighted by Gasteiger charge is -2.29.